The lowest BCUT2D eigenvalue weighted by molar-refractivity contribution is 0.0928. The number of aliphatic hydroxyl groups excluding tert-OH is 1. The zero-order chi connectivity index (χ0) is 16.1. The van der Waals surface area contributed by atoms with Gasteiger partial charge in [-0.2, -0.15) is 0 Å². The van der Waals surface area contributed by atoms with E-state index < -0.39 is 11.5 Å². The number of carbonyl (C=O) groups is 1. The van der Waals surface area contributed by atoms with Gasteiger partial charge in [-0.3, -0.25) is 9.59 Å². The molecule has 1 atom stereocenters. The van der Waals surface area contributed by atoms with Gasteiger partial charge in [-0.15, -0.1) is 0 Å². The summed E-state index contributed by atoms with van der Waals surface area (Å²) in [6.07, 6.45) is 0.387. The molecule has 0 spiro atoms. The second kappa shape index (κ2) is 7.04. The van der Waals surface area contributed by atoms with Crippen LogP contribution in [0.5, 0.6) is 0 Å². The topological polar surface area (TPSA) is 82.2 Å². The first-order valence-electron chi connectivity index (χ1n) is 7.20. The Bertz CT molecular complexity index is 708. The molecule has 1 amide bonds. The Hall–Kier alpha value is -2.40. The quantitative estimate of drug-likeness (QED) is 0.788. The van der Waals surface area contributed by atoms with Crippen molar-refractivity contribution in [3.05, 3.63) is 69.1 Å². The number of rotatable bonds is 5. The van der Waals surface area contributed by atoms with Gasteiger partial charge < -0.3 is 15.4 Å². The van der Waals surface area contributed by atoms with Crippen molar-refractivity contribution in [2.24, 2.45) is 0 Å². The molecule has 0 fully saturated rings. The van der Waals surface area contributed by atoms with Crippen LogP contribution < -0.4 is 10.9 Å². The lowest BCUT2D eigenvalue weighted by Gasteiger charge is -2.18. The molecule has 0 saturated carbocycles. The van der Waals surface area contributed by atoms with Crippen molar-refractivity contribution in [1.82, 2.24) is 10.3 Å². The first kappa shape index (κ1) is 16.0. The van der Waals surface area contributed by atoms with E-state index in [0.29, 0.717) is 6.42 Å². The Morgan fingerprint density at radius 3 is 2.59 bits per heavy atom. The fraction of sp³-hybridized carbons (Fsp3) is 0.294. The van der Waals surface area contributed by atoms with Gasteiger partial charge in [0.05, 0.1) is 6.04 Å². The summed E-state index contributed by atoms with van der Waals surface area (Å²) >= 11 is 0. The summed E-state index contributed by atoms with van der Waals surface area (Å²) < 4.78 is 0. The highest BCUT2D eigenvalue weighted by Gasteiger charge is 2.18. The zero-order valence-electron chi connectivity index (χ0n) is 12.7. The van der Waals surface area contributed by atoms with Gasteiger partial charge in [0.15, 0.2) is 0 Å². The van der Waals surface area contributed by atoms with E-state index >= 15 is 0 Å². The molecule has 2 aromatic rings. The molecule has 0 aliphatic rings. The Balaban J connectivity index is 2.26. The number of pyridine rings is 1. The summed E-state index contributed by atoms with van der Waals surface area (Å²) in [5, 5.41) is 12.0. The van der Waals surface area contributed by atoms with Crippen LogP contribution in [-0.4, -0.2) is 22.6 Å². The number of hydrogen-bond donors (Lipinski definition) is 3. The van der Waals surface area contributed by atoms with Crippen molar-refractivity contribution in [3.63, 3.8) is 0 Å². The number of nitrogens with one attached hydrogen (secondary N) is 2. The number of aromatic amines is 1. The maximum absolute atomic E-state index is 12.4. The van der Waals surface area contributed by atoms with Crippen LogP contribution in [0.4, 0.5) is 0 Å². The minimum absolute atomic E-state index is 0.0525. The van der Waals surface area contributed by atoms with Crippen molar-refractivity contribution in [2.45, 2.75) is 26.3 Å². The normalized spacial score (nSPS) is 12.0. The summed E-state index contributed by atoms with van der Waals surface area (Å²) in [6, 6.07) is 10.6. The first-order chi connectivity index (χ1) is 10.5. The van der Waals surface area contributed by atoms with Crippen LogP contribution in [0.3, 0.4) is 0 Å². The molecule has 0 radical (unpaired) electrons. The SMILES string of the molecule is Cc1cc(C(=O)N[C@@H](CCO)c2ccccc2)c(=O)[nH]c1C. The van der Waals surface area contributed by atoms with E-state index in [1.165, 1.54) is 0 Å². The molecule has 2 rings (SSSR count). The zero-order valence-corrected chi connectivity index (χ0v) is 12.7. The second-order valence-electron chi connectivity index (χ2n) is 5.27. The van der Waals surface area contributed by atoms with Crippen molar-refractivity contribution in [2.75, 3.05) is 6.61 Å². The molecule has 1 aromatic carbocycles. The van der Waals surface area contributed by atoms with Crippen LogP contribution >= 0.6 is 0 Å². The number of H-pyrrole nitrogens is 1. The molecule has 116 valence electrons. The van der Waals surface area contributed by atoms with Gasteiger partial charge >= 0.3 is 0 Å². The van der Waals surface area contributed by atoms with E-state index in [2.05, 4.69) is 10.3 Å². The van der Waals surface area contributed by atoms with Crippen LogP contribution in [-0.2, 0) is 0 Å². The number of aryl methyl sites for hydroxylation is 2. The van der Waals surface area contributed by atoms with E-state index in [4.69, 9.17) is 0 Å². The van der Waals surface area contributed by atoms with E-state index in [-0.39, 0.29) is 18.2 Å². The summed E-state index contributed by atoms with van der Waals surface area (Å²) in [7, 11) is 0. The van der Waals surface area contributed by atoms with Crippen LogP contribution in [0.2, 0.25) is 0 Å². The predicted molar refractivity (Wildman–Crippen MR) is 84.9 cm³/mol. The van der Waals surface area contributed by atoms with E-state index in [1.54, 1.807) is 13.0 Å². The number of hydrogen-bond acceptors (Lipinski definition) is 3. The molecule has 5 nitrogen and oxygen atoms in total. The monoisotopic (exact) mass is 300 g/mol. The number of amides is 1. The summed E-state index contributed by atoms with van der Waals surface area (Å²) in [6.45, 7) is 3.57. The molecule has 1 heterocycles. The summed E-state index contributed by atoms with van der Waals surface area (Å²) in [4.78, 5) is 27.0. The standard InChI is InChI=1S/C17H20N2O3/c1-11-10-14(16(21)18-12(11)2)17(22)19-15(8-9-20)13-6-4-3-5-7-13/h3-7,10,15,20H,8-9H2,1-2H3,(H,18,21)(H,19,22)/t15-/m0/s1. The van der Waals surface area contributed by atoms with Gasteiger partial charge in [-0.25, -0.2) is 0 Å². The van der Waals surface area contributed by atoms with Crippen molar-refractivity contribution in [3.8, 4) is 0 Å². The Kier molecular flexibility index (Phi) is 5.12. The Morgan fingerprint density at radius 1 is 1.27 bits per heavy atom. The Morgan fingerprint density at radius 2 is 1.95 bits per heavy atom. The molecule has 0 bridgehead atoms. The molecule has 1 aromatic heterocycles. The molecule has 5 heteroatoms. The minimum atomic E-state index is -0.438. The highest BCUT2D eigenvalue weighted by molar-refractivity contribution is 5.94. The van der Waals surface area contributed by atoms with Gasteiger partial charge in [-0.05, 0) is 37.5 Å². The van der Waals surface area contributed by atoms with Gasteiger partial charge in [-0.1, -0.05) is 30.3 Å². The van der Waals surface area contributed by atoms with Crippen LogP contribution in [0, 0.1) is 13.8 Å². The van der Waals surface area contributed by atoms with E-state index in [9.17, 15) is 14.7 Å². The third-order valence-corrected chi connectivity index (χ3v) is 3.67. The summed E-state index contributed by atoms with van der Waals surface area (Å²) in [5.74, 6) is -0.438. The van der Waals surface area contributed by atoms with Crippen LogP contribution in [0.25, 0.3) is 0 Å². The number of carbonyl (C=O) groups excluding carboxylic acids is 1. The Labute approximate surface area is 129 Å². The molecule has 0 aliphatic heterocycles. The largest absolute Gasteiger partial charge is 0.396 e. The van der Waals surface area contributed by atoms with Crippen LogP contribution in [0.1, 0.15) is 39.6 Å². The average molecular weight is 300 g/mol. The third-order valence-electron chi connectivity index (χ3n) is 3.67. The lowest BCUT2D eigenvalue weighted by Crippen LogP contribution is -2.33. The highest BCUT2D eigenvalue weighted by atomic mass is 16.3. The number of aliphatic hydroxyl groups is 1. The number of benzene rings is 1. The maximum Gasteiger partial charge on any atom is 0.261 e. The van der Waals surface area contributed by atoms with Gasteiger partial charge in [0, 0.05) is 12.3 Å². The smallest absolute Gasteiger partial charge is 0.261 e. The van der Waals surface area contributed by atoms with Gasteiger partial charge in [0.25, 0.3) is 11.5 Å². The van der Waals surface area contributed by atoms with E-state index in [0.717, 1.165) is 16.8 Å². The molecule has 3 N–H and O–H groups in total. The molecular formula is C17H20N2O3. The lowest BCUT2D eigenvalue weighted by atomic mass is 10.0. The van der Waals surface area contributed by atoms with E-state index in [1.807, 2.05) is 37.3 Å². The van der Waals surface area contributed by atoms with Gasteiger partial charge in [0.2, 0.25) is 0 Å². The first-order valence-corrected chi connectivity index (χ1v) is 7.20. The molecule has 0 unspecified atom stereocenters. The molecule has 0 aliphatic carbocycles. The van der Waals surface area contributed by atoms with Crippen LogP contribution in [0.15, 0.2) is 41.2 Å². The maximum atomic E-state index is 12.4. The van der Waals surface area contributed by atoms with Crippen molar-refractivity contribution in [1.29, 1.82) is 0 Å². The number of aromatic nitrogens is 1. The third kappa shape index (κ3) is 3.62. The summed E-state index contributed by atoms with van der Waals surface area (Å²) in [5.41, 5.74) is 2.17. The van der Waals surface area contributed by atoms with Crippen molar-refractivity contribution < 1.29 is 9.90 Å². The second-order valence-corrected chi connectivity index (χ2v) is 5.27. The minimum Gasteiger partial charge on any atom is -0.396 e. The molecule has 0 saturated heterocycles. The van der Waals surface area contributed by atoms with Gasteiger partial charge in [0.1, 0.15) is 5.56 Å². The predicted octanol–water partition coefficient (Wildman–Crippen LogP) is 1.85. The fourth-order valence-corrected chi connectivity index (χ4v) is 2.27. The van der Waals surface area contributed by atoms with Crippen molar-refractivity contribution >= 4 is 5.91 Å². The fourth-order valence-electron chi connectivity index (χ4n) is 2.27. The highest BCUT2D eigenvalue weighted by Crippen LogP contribution is 2.16. The molecular weight excluding hydrogens is 280 g/mol. The molecule has 22 heavy (non-hydrogen) atoms. The average Bonchev–Trinajstić information content (AvgIpc) is 2.51.